The van der Waals surface area contributed by atoms with Gasteiger partial charge in [0.2, 0.25) is 0 Å². The molecule has 0 bridgehead atoms. The first kappa shape index (κ1) is 18.1. The fourth-order valence-corrected chi connectivity index (χ4v) is 2.38. The van der Waals surface area contributed by atoms with E-state index in [1.54, 1.807) is 31.6 Å². The Morgan fingerprint density at radius 1 is 0.926 bits per heavy atom. The molecule has 0 aliphatic heterocycles. The van der Waals surface area contributed by atoms with E-state index in [0.29, 0.717) is 22.8 Å². The topological polar surface area (TPSA) is 72.8 Å². The molecular formula is C21H19N3O3. The Balaban J connectivity index is 1.78. The molecule has 0 saturated carbocycles. The van der Waals surface area contributed by atoms with Crippen LogP contribution in [0.2, 0.25) is 0 Å². The van der Waals surface area contributed by atoms with E-state index in [1.165, 1.54) is 0 Å². The van der Waals surface area contributed by atoms with E-state index in [1.807, 2.05) is 54.6 Å². The van der Waals surface area contributed by atoms with Crippen LogP contribution in [-0.2, 0) is 0 Å². The van der Waals surface area contributed by atoms with Crippen LogP contribution in [-0.4, -0.2) is 30.3 Å². The number of para-hydroxylation sites is 2. The molecule has 0 atom stereocenters. The maximum atomic E-state index is 12.2. The molecule has 3 aromatic rings. The zero-order chi connectivity index (χ0) is 18.9. The van der Waals surface area contributed by atoms with Crippen LogP contribution in [0.4, 0.5) is 0 Å². The van der Waals surface area contributed by atoms with Gasteiger partial charge in [-0.3, -0.25) is 9.78 Å². The number of aromatic nitrogens is 1. The summed E-state index contributed by atoms with van der Waals surface area (Å²) in [6.45, 7) is 0.168. The lowest BCUT2D eigenvalue weighted by atomic mass is 10.1. The van der Waals surface area contributed by atoms with Crippen molar-refractivity contribution in [3.05, 3.63) is 90.3 Å². The number of nitrogens with one attached hydrogen (secondary N) is 1. The van der Waals surface area contributed by atoms with E-state index >= 15 is 0 Å². The standard InChI is InChI=1S/C21H19N3O3/c1-26-19-9-5-6-10-20(19)27-15-18(16-7-3-2-4-8-16)23-24-21(25)17-11-13-22-14-12-17/h2-14H,15H2,1H3,(H,24,25). The number of pyridine rings is 1. The van der Waals surface area contributed by atoms with E-state index in [-0.39, 0.29) is 12.5 Å². The predicted molar refractivity (Wildman–Crippen MR) is 103 cm³/mol. The number of hydrogen-bond acceptors (Lipinski definition) is 5. The number of hydrogen-bond donors (Lipinski definition) is 1. The largest absolute Gasteiger partial charge is 0.493 e. The molecule has 0 spiro atoms. The van der Waals surface area contributed by atoms with Crippen LogP contribution in [0, 0.1) is 0 Å². The van der Waals surface area contributed by atoms with E-state index in [2.05, 4.69) is 15.5 Å². The van der Waals surface area contributed by atoms with Crippen LogP contribution in [0.25, 0.3) is 0 Å². The summed E-state index contributed by atoms with van der Waals surface area (Å²) >= 11 is 0. The summed E-state index contributed by atoms with van der Waals surface area (Å²) in [7, 11) is 1.59. The molecule has 0 aliphatic rings. The van der Waals surface area contributed by atoms with Gasteiger partial charge in [0.05, 0.1) is 7.11 Å². The molecule has 1 aromatic heterocycles. The van der Waals surface area contributed by atoms with Crippen molar-refractivity contribution >= 4 is 11.6 Å². The summed E-state index contributed by atoms with van der Waals surface area (Å²) in [5, 5.41) is 4.27. The maximum absolute atomic E-state index is 12.2. The van der Waals surface area contributed by atoms with Gasteiger partial charge in [0.25, 0.3) is 5.91 Å². The highest BCUT2D eigenvalue weighted by Crippen LogP contribution is 2.25. The second-order valence-corrected chi connectivity index (χ2v) is 5.54. The van der Waals surface area contributed by atoms with Crippen LogP contribution in [0.3, 0.4) is 0 Å². The number of nitrogens with zero attached hydrogens (tertiary/aromatic N) is 2. The molecular weight excluding hydrogens is 342 g/mol. The molecule has 1 heterocycles. The van der Waals surface area contributed by atoms with Crippen LogP contribution >= 0.6 is 0 Å². The lowest BCUT2D eigenvalue weighted by Gasteiger charge is -2.12. The van der Waals surface area contributed by atoms with Gasteiger partial charge in [0.1, 0.15) is 12.3 Å². The van der Waals surface area contributed by atoms with Gasteiger partial charge >= 0.3 is 0 Å². The average molecular weight is 361 g/mol. The summed E-state index contributed by atoms with van der Waals surface area (Å²) in [4.78, 5) is 16.2. The van der Waals surface area contributed by atoms with Crippen molar-refractivity contribution in [1.29, 1.82) is 0 Å². The van der Waals surface area contributed by atoms with Crippen molar-refractivity contribution in [2.75, 3.05) is 13.7 Å². The number of ether oxygens (including phenoxy) is 2. The molecule has 6 heteroatoms. The molecule has 1 N–H and O–H groups in total. The zero-order valence-corrected chi connectivity index (χ0v) is 14.8. The van der Waals surface area contributed by atoms with Gasteiger partial charge in [0, 0.05) is 23.5 Å². The molecule has 2 aromatic carbocycles. The van der Waals surface area contributed by atoms with Gasteiger partial charge in [-0.15, -0.1) is 0 Å². The van der Waals surface area contributed by atoms with Crippen molar-refractivity contribution < 1.29 is 14.3 Å². The van der Waals surface area contributed by atoms with Crippen LogP contribution in [0.1, 0.15) is 15.9 Å². The molecule has 0 unspecified atom stereocenters. The van der Waals surface area contributed by atoms with Crippen LogP contribution in [0.15, 0.2) is 84.2 Å². The Hall–Kier alpha value is -3.67. The van der Waals surface area contributed by atoms with Crippen molar-refractivity contribution in [3.63, 3.8) is 0 Å². The van der Waals surface area contributed by atoms with E-state index in [0.717, 1.165) is 5.56 Å². The lowest BCUT2D eigenvalue weighted by molar-refractivity contribution is 0.0954. The molecule has 6 nitrogen and oxygen atoms in total. The minimum absolute atomic E-state index is 0.168. The first-order valence-electron chi connectivity index (χ1n) is 8.36. The summed E-state index contributed by atoms with van der Waals surface area (Å²) in [6.07, 6.45) is 3.11. The molecule has 27 heavy (non-hydrogen) atoms. The summed E-state index contributed by atoms with van der Waals surface area (Å²) in [6, 6.07) is 20.1. The third-order valence-corrected chi connectivity index (χ3v) is 3.78. The molecule has 0 aliphatic carbocycles. The molecule has 0 radical (unpaired) electrons. The normalized spacial score (nSPS) is 10.9. The first-order chi connectivity index (χ1) is 13.3. The number of carbonyl (C=O) groups is 1. The van der Waals surface area contributed by atoms with Crippen molar-refractivity contribution in [2.24, 2.45) is 5.10 Å². The highest BCUT2D eigenvalue weighted by atomic mass is 16.5. The first-order valence-corrected chi connectivity index (χ1v) is 8.36. The monoisotopic (exact) mass is 361 g/mol. The second kappa shape index (κ2) is 9.15. The second-order valence-electron chi connectivity index (χ2n) is 5.54. The number of hydrazone groups is 1. The summed E-state index contributed by atoms with van der Waals surface area (Å²) in [5.74, 6) is 0.915. The number of carbonyl (C=O) groups excluding carboxylic acids is 1. The third-order valence-electron chi connectivity index (χ3n) is 3.78. The number of rotatable bonds is 7. The maximum Gasteiger partial charge on any atom is 0.271 e. The van der Waals surface area contributed by atoms with E-state index < -0.39 is 0 Å². The van der Waals surface area contributed by atoms with Gasteiger partial charge in [-0.05, 0) is 24.3 Å². The quantitative estimate of drug-likeness (QED) is 0.518. The van der Waals surface area contributed by atoms with Crippen LogP contribution in [0.5, 0.6) is 11.5 Å². The van der Waals surface area contributed by atoms with Gasteiger partial charge in [-0.25, -0.2) is 5.43 Å². The lowest BCUT2D eigenvalue weighted by Crippen LogP contribution is -2.23. The van der Waals surface area contributed by atoms with E-state index in [4.69, 9.17) is 9.47 Å². The van der Waals surface area contributed by atoms with Crippen molar-refractivity contribution in [2.45, 2.75) is 0 Å². The van der Waals surface area contributed by atoms with Crippen LogP contribution < -0.4 is 14.9 Å². The Bertz CT molecular complexity index is 912. The van der Waals surface area contributed by atoms with Gasteiger partial charge in [0.15, 0.2) is 11.5 Å². The minimum atomic E-state index is -0.317. The number of amides is 1. The van der Waals surface area contributed by atoms with Gasteiger partial charge in [-0.1, -0.05) is 42.5 Å². The summed E-state index contributed by atoms with van der Waals surface area (Å²) < 4.78 is 11.2. The number of methoxy groups -OCH3 is 1. The summed E-state index contributed by atoms with van der Waals surface area (Å²) in [5.41, 5.74) is 4.49. The van der Waals surface area contributed by atoms with Gasteiger partial charge < -0.3 is 9.47 Å². The highest BCUT2D eigenvalue weighted by Gasteiger charge is 2.10. The third kappa shape index (κ3) is 4.92. The van der Waals surface area contributed by atoms with E-state index in [9.17, 15) is 4.79 Å². The molecule has 3 rings (SSSR count). The molecule has 1 amide bonds. The molecule has 0 saturated heterocycles. The fraction of sp³-hybridized carbons (Fsp3) is 0.0952. The smallest absolute Gasteiger partial charge is 0.271 e. The van der Waals surface area contributed by atoms with Gasteiger partial charge in [-0.2, -0.15) is 5.10 Å². The Morgan fingerprint density at radius 3 is 2.30 bits per heavy atom. The minimum Gasteiger partial charge on any atom is -0.493 e. The molecule has 136 valence electrons. The average Bonchev–Trinajstić information content (AvgIpc) is 2.75. The molecule has 0 fully saturated rings. The Labute approximate surface area is 157 Å². The predicted octanol–water partition coefficient (Wildman–Crippen LogP) is 3.30. The highest BCUT2D eigenvalue weighted by molar-refractivity contribution is 6.03. The number of benzene rings is 2. The Kier molecular flexibility index (Phi) is 6.14. The fourth-order valence-electron chi connectivity index (χ4n) is 2.38. The zero-order valence-electron chi connectivity index (χ0n) is 14.8. The SMILES string of the molecule is COc1ccccc1OCC(=NNC(=O)c1ccncc1)c1ccccc1. The van der Waals surface area contributed by atoms with Crippen molar-refractivity contribution in [1.82, 2.24) is 10.4 Å². The Morgan fingerprint density at radius 2 is 1.59 bits per heavy atom. The van der Waals surface area contributed by atoms with Crippen molar-refractivity contribution in [3.8, 4) is 11.5 Å².